The van der Waals surface area contributed by atoms with Crippen LogP contribution in [0.15, 0.2) is 12.1 Å². The lowest BCUT2D eigenvalue weighted by Gasteiger charge is -2.25. The number of amides is 1. The Morgan fingerprint density at radius 1 is 1.08 bits per heavy atom. The van der Waals surface area contributed by atoms with Gasteiger partial charge in [-0.1, -0.05) is 6.42 Å². The highest BCUT2D eigenvalue weighted by Gasteiger charge is 2.49. The number of aliphatic carboxylic acids is 1. The molecular formula is C18H23NO6. The van der Waals surface area contributed by atoms with Crippen LogP contribution < -0.4 is 14.2 Å². The Labute approximate surface area is 146 Å². The van der Waals surface area contributed by atoms with Gasteiger partial charge in [-0.2, -0.15) is 0 Å². The standard InChI is InChI=1S/C18H23NO6/c1-23-13-7-11(8-14(24-2)16(13)25-3)17(20)19-9-10-5-4-6-12(10)15(19)18(21)22/h7-8,10,12,15H,4-6,9H2,1-3H3,(H,21,22). The van der Waals surface area contributed by atoms with Gasteiger partial charge in [0.25, 0.3) is 5.91 Å². The molecule has 7 nitrogen and oxygen atoms in total. The van der Waals surface area contributed by atoms with E-state index in [2.05, 4.69) is 0 Å². The number of carbonyl (C=O) groups excluding carboxylic acids is 1. The van der Waals surface area contributed by atoms with Crippen molar-refractivity contribution in [1.29, 1.82) is 0 Å². The molecule has 136 valence electrons. The van der Waals surface area contributed by atoms with Crippen LogP contribution in [-0.4, -0.2) is 55.8 Å². The van der Waals surface area contributed by atoms with Crippen LogP contribution in [0.3, 0.4) is 0 Å². The molecule has 2 aliphatic rings. The second-order valence-electron chi connectivity index (χ2n) is 6.51. The topological polar surface area (TPSA) is 85.3 Å². The summed E-state index contributed by atoms with van der Waals surface area (Å²) in [5, 5.41) is 9.65. The zero-order valence-corrected chi connectivity index (χ0v) is 14.7. The number of hydrogen-bond acceptors (Lipinski definition) is 5. The van der Waals surface area contributed by atoms with Gasteiger partial charge in [0.2, 0.25) is 5.75 Å². The average Bonchev–Trinajstić information content (AvgIpc) is 3.19. The maximum atomic E-state index is 13.0. The number of fused-ring (bicyclic) bond motifs is 1. The van der Waals surface area contributed by atoms with Crippen molar-refractivity contribution in [2.75, 3.05) is 27.9 Å². The molecule has 1 saturated heterocycles. The number of rotatable bonds is 5. The van der Waals surface area contributed by atoms with Gasteiger partial charge in [0.1, 0.15) is 6.04 Å². The third kappa shape index (κ3) is 2.88. The molecular weight excluding hydrogens is 326 g/mol. The minimum Gasteiger partial charge on any atom is -0.493 e. The third-order valence-electron chi connectivity index (χ3n) is 5.32. The number of carbonyl (C=O) groups is 2. The Hall–Kier alpha value is -2.44. The zero-order valence-electron chi connectivity index (χ0n) is 14.7. The fourth-order valence-corrected chi connectivity index (χ4v) is 4.20. The summed E-state index contributed by atoms with van der Waals surface area (Å²) in [5.41, 5.74) is 0.334. The zero-order chi connectivity index (χ0) is 18.1. The molecule has 1 saturated carbocycles. The van der Waals surface area contributed by atoms with Gasteiger partial charge in [-0.3, -0.25) is 4.79 Å². The Balaban J connectivity index is 1.96. The Kier molecular flexibility index (Phi) is 4.74. The van der Waals surface area contributed by atoms with Crippen LogP contribution in [0.2, 0.25) is 0 Å². The summed E-state index contributed by atoms with van der Waals surface area (Å²) in [6.07, 6.45) is 2.87. The number of ether oxygens (including phenoxy) is 3. The minimum absolute atomic E-state index is 0.0449. The summed E-state index contributed by atoms with van der Waals surface area (Å²) < 4.78 is 15.8. The number of carboxylic acids is 1. The largest absolute Gasteiger partial charge is 0.493 e. The summed E-state index contributed by atoms with van der Waals surface area (Å²) in [6.45, 7) is 0.483. The predicted octanol–water partition coefficient (Wildman–Crippen LogP) is 2.04. The molecule has 0 spiro atoms. The van der Waals surface area contributed by atoms with Gasteiger partial charge in [-0.25, -0.2) is 4.79 Å². The molecule has 1 aromatic carbocycles. The second kappa shape index (κ2) is 6.82. The average molecular weight is 349 g/mol. The van der Waals surface area contributed by atoms with Gasteiger partial charge < -0.3 is 24.2 Å². The van der Waals surface area contributed by atoms with E-state index in [4.69, 9.17) is 14.2 Å². The van der Waals surface area contributed by atoms with Crippen molar-refractivity contribution in [2.24, 2.45) is 11.8 Å². The number of benzene rings is 1. The summed E-state index contributed by atoms with van der Waals surface area (Å²) in [4.78, 5) is 26.3. The second-order valence-corrected chi connectivity index (χ2v) is 6.51. The molecule has 1 amide bonds. The highest BCUT2D eigenvalue weighted by atomic mass is 16.5. The van der Waals surface area contributed by atoms with Gasteiger partial charge in [-0.15, -0.1) is 0 Å². The van der Waals surface area contributed by atoms with Gasteiger partial charge in [0, 0.05) is 12.1 Å². The van der Waals surface area contributed by atoms with Crippen LogP contribution in [0.1, 0.15) is 29.6 Å². The van der Waals surface area contributed by atoms with E-state index in [-0.39, 0.29) is 17.7 Å². The Morgan fingerprint density at radius 2 is 1.72 bits per heavy atom. The van der Waals surface area contributed by atoms with Crippen molar-refractivity contribution in [3.8, 4) is 17.2 Å². The molecule has 2 fully saturated rings. The van der Waals surface area contributed by atoms with Gasteiger partial charge in [0.15, 0.2) is 11.5 Å². The molecule has 25 heavy (non-hydrogen) atoms. The number of hydrogen-bond donors (Lipinski definition) is 1. The fourth-order valence-electron chi connectivity index (χ4n) is 4.20. The SMILES string of the molecule is COc1cc(C(=O)N2CC3CCCC3C2C(=O)O)cc(OC)c1OC. The molecule has 3 rings (SSSR count). The number of nitrogens with zero attached hydrogens (tertiary/aromatic N) is 1. The third-order valence-corrected chi connectivity index (χ3v) is 5.32. The normalized spacial score (nSPS) is 24.8. The lowest BCUT2D eigenvalue weighted by molar-refractivity contribution is -0.142. The van der Waals surface area contributed by atoms with Crippen molar-refractivity contribution >= 4 is 11.9 Å². The first-order valence-corrected chi connectivity index (χ1v) is 8.35. The van der Waals surface area contributed by atoms with Crippen molar-refractivity contribution in [2.45, 2.75) is 25.3 Å². The maximum absolute atomic E-state index is 13.0. The van der Waals surface area contributed by atoms with Crippen LogP contribution in [-0.2, 0) is 4.79 Å². The van der Waals surface area contributed by atoms with Gasteiger partial charge in [-0.05, 0) is 36.8 Å². The molecule has 0 bridgehead atoms. The highest BCUT2D eigenvalue weighted by molar-refractivity contribution is 5.98. The summed E-state index contributed by atoms with van der Waals surface area (Å²) >= 11 is 0. The summed E-state index contributed by atoms with van der Waals surface area (Å²) in [7, 11) is 4.45. The van der Waals surface area contributed by atoms with Crippen LogP contribution in [0, 0.1) is 11.8 Å². The Bertz CT molecular complexity index is 663. The molecule has 3 unspecified atom stereocenters. The van der Waals surface area contributed by atoms with Crippen molar-refractivity contribution in [3.63, 3.8) is 0 Å². The molecule has 1 aromatic rings. The summed E-state index contributed by atoms with van der Waals surface area (Å²) in [5.74, 6) is 0.203. The Morgan fingerprint density at radius 3 is 2.24 bits per heavy atom. The monoisotopic (exact) mass is 349 g/mol. The molecule has 1 aliphatic carbocycles. The minimum atomic E-state index is -0.935. The van der Waals surface area contributed by atoms with Crippen LogP contribution in [0.5, 0.6) is 17.2 Å². The van der Waals surface area contributed by atoms with E-state index in [1.807, 2.05) is 0 Å². The number of likely N-dealkylation sites (tertiary alicyclic amines) is 1. The van der Waals surface area contributed by atoms with E-state index in [9.17, 15) is 14.7 Å². The van der Waals surface area contributed by atoms with E-state index >= 15 is 0 Å². The van der Waals surface area contributed by atoms with Crippen molar-refractivity contribution < 1.29 is 28.9 Å². The first kappa shape index (κ1) is 17.4. The molecule has 7 heteroatoms. The lowest BCUT2D eigenvalue weighted by Crippen LogP contribution is -2.43. The van der Waals surface area contributed by atoms with Crippen molar-refractivity contribution in [1.82, 2.24) is 4.90 Å². The van der Waals surface area contributed by atoms with Crippen LogP contribution in [0.25, 0.3) is 0 Å². The molecule has 0 aromatic heterocycles. The van der Waals surface area contributed by atoms with E-state index in [0.29, 0.717) is 29.4 Å². The number of carboxylic acid groups (broad SMARTS) is 1. The molecule has 1 N–H and O–H groups in total. The smallest absolute Gasteiger partial charge is 0.326 e. The molecule has 3 atom stereocenters. The summed E-state index contributed by atoms with van der Waals surface area (Å²) in [6, 6.07) is 2.37. The van der Waals surface area contributed by atoms with Gasteiger partial charge >= 0.3 is 5.97 Å². The van der Waals surface area contributed by atoms with E-state index < -0.39 is 12.0 Å². The molecule has 1 heterocycles. The molecule has 1 aliphatic heterocycles. The van der Waals surface area contributed by atoms with E-state index in [1.165, 1.54) is 26.2 Å². The van der Waals surface area contributed by atoms with Crippen molar-refractivity contribution in [3.05, 3.63) is 17.7 Å². The fraction of sp³-hybridized carbons (Fsp3) is 0.556. The van der Waals surface area contributed by atoms with E-state index in [1.54, 1.807) is 12.1 Å². The predicted molar refractivity (Wildman–Crippen MR) is 89.4 cm³/mol. The van der Waals surface area contributed by atoms with Crippen LogP contribution in [0.4, 0.5) is 0 Å². The van der Waals surface area contributed by atoms with E-state index in [0.717, 1.165) is 19.3 Å². The first-order chi connectivity index (χ1) is 12.0. The maximum Gasteiger partial charge on any atom is 0.326 e. The quantitative estimate of drug-likeness (QED) is 0.876. The highest BCUT2D eigenvalue weighted by Crippen LogP contribution is 2.44. The number of methoxy groups -OCH3 is 3. The molecule has 0 radical (unpaired) electrons. The lowest BCUT2D eigenvalue weighted by atomic mass is 9.94. The first-order valence-electron chi connectivity index (χ1n) is 8.35. The van der Waals surface area contributed by atoms with Crippen LogP contribution >= 0.6 is 0 Å². The van der Waals surface area contributed by atoms with Gasteiger partial charge in [0.05, 0.1) is 21.3 Å².